The largest absolute Gasteiger partial charge is 0.326 e. The van der Waals surface area contributed by atoms with Gasteiger partial charge in [-0.3, -0.25) is 4.79 Å². The molecule has 1 heterocycles. The molecular weight excluding hydrogens is 244 g/mol. The number of nitrogens with one attached hydrogen (secondary N) is 1. The van der Waals surface area contributed by atoms with Crippen molar-refractivity contribution in [3.8, 4) is 0 Å². The Morgan fingerprint density at radius 2 is 2.11 bits per heavy atom. The van der Waals surface area contributed by atoms with E-state index in [-0.39, 0.29) is 5.91 Å². The Morgan fingerprint density at radius 1 is 1.33 bits per heavy atom. The van der Waals surface area contributed by atoms with Gasteiger partial charge in [-0.25, -0.2) is 4.98 Å². The van der Waals surface area contributed by atoms with Gasteiger partial charge in [-0.05, 0) is 32.4 Å². The summed E-state index contributed by atoms with van der Waals surface area (Å²) in [4.78, 5) is 17.1. The highest BCUT2D eigenvalue weighted by Gasteiger charge is 2.09. The lowest BCUT2D eigenvalue weighted by Gasteiger charge is -2.08. The molecule has 0 unspecified atom stereocenters. The second kappa shape index (κ2) is 5.31. The van der Waals surface area contributed by atoms with Crippen LogP contribution in [-0.4, -0.2) is 10.9 Å². The zero-order chi connectivity index (χ0) is 13.1. The maximum Gasteiger partial charge on any atom is 0.229 e. The van der Waals surface area contributed by atoms with Crippen LogP contribution in [0, 0.1) is 20.8 Å². The smallest absolute Gasteiger partial charge is 0.229 e. The first kappa shape index (κ1) is 12.8. The van der Waals surface area contributed by atoms with Gasteiger partial charge in [-0.15, -0.1) is 11.3 Å². The minimum absolute atomic E-state index is 0.00861. The minimum Gasteiger partial charge on any atom is -0.326 e. The third-order valence-electron chi connectivity index (χ3n) is 2.82. The van der Waals surface area contributed by atoms with E-state index in [4.69, 9.17) is 0 Å². The van der Waals surface area contributed by atoms with Crippen LogP contribution in [0.4, 0.5) is 5.69 Å². The average molecular weight is 260 g/mol. The van der Waals surface area contributed by atoms with Crippen molar-refractivity contribution >= 4 is 22.9 Å². The normalized spacial score (nSPS) is 10.4. The summed E-state index contributed by atoms with van der Waals surface area (Å²) in [6, 6.07) is 6.01. The maximum atomic E-state index is 11.9. The SMILES string of the molecule is Cc1ccc(NC(=O)Cc2scnc2C)c(C)c1. The van der Waals surface area contributed by atoms with Crippen molar-refractivity contribution in [2.24, 2.45) is 0 Å². The molecule has 1 aromatic carbocycles. The first-order valence-electron chi connectivity index (χ1n) is 5.82. The van der Waals surface area contributed by atoms with Crippen molar-refractivity contribution in [3.05, 3.63) is 45.4 Å². The number of carbonyl (C=O) groups excluding carboxylic acids is 1. The van der Waals surface area contributed by atoms with E-state index in [2.05, 4.69) is 16.4 Å². The van der Waals surface area contributed by atoms with Crippen LogP contribution in [0.5, 0.6) is 0 Å². The van der Waals surface area contributed by atoms with Crippen molar-refractivity contribution in [2.45, 2.75) is 27.2 Å². The molecule has 94 valence electrons. The quantitative estimate of drug-likeness (QED) is 0.920. The number of anilines is 1. The van der Waals surface area contributed by atoms with Crippen molar-refractivity contribution in [1.29, 1.82) is 0 Å². The second-order valence-corrected chi connectivity index (χ2v) is 5.34. The summed E-state index contributed by atoms with van der Waals surface area (Å²) >= 11 is 1.52. The van der Waals surface area contributed by atoms with Gasteiger partial charge in [-0.1, -0.05) is 17.7 Å². The zero-order valence-electron chi connectivity index (χ0n) is 10.8. The van der Waals surface area contributed by atoms with Gasteiger partial charge >= 0.3 is 0 Å². The Hall–Kier alpha value is -1.68. The summed E-state index contributed by atoms with van der Waals surface area (Å²) in [6.07, 6.45) is 0.393. The van der Waals surface area contributed by atoms with Gasteiger partial charge in [0, 0.05) is 10.6 Å². The lowest BCUT2D eigenvalue weighted by atomic mass is 10.1. The van der Waals surface area contributed by atoms with Crippen LogP contribution in [0.15, 0.2) is 23.7 Å². The Morgan fingerprint density at radius 3 is 2.72 bits per heavy atom. The predicted molar refractivity (Wildman–Crippen MR) is 75.1 cm³/mol. The fourth-order valence-corrected chi connectivity index (χ4v) is 2.57. The number of thiazole rings is 1. The molecule has 0 saturated heterocycles. The highest BCUT2D eigenvalue weighted by molar-refractivity contribution is 7.09. The van der Waals surface area contributed by atoms with Crippen molar-refractivity contribution in [1.82, 2.24) is 4.98 Å². The monoisotopic (exact) mass is 260 g/mol. The number of benzene rings is 1. The number of hydrogen-bond donors (Lipinski definition) is 1. The number of hydrogen-bond acceptors (Lipinski definition) is 3. The predicted octanol–water partition coefficient (Wildman–Crippen LogP) is 3.25. The fraction of sp³-hybridized carbons (Fsp3) is 0.286. The van der Waals surface area contributed by atoms with E-state index in [9.17, 15) is 4.79 Å². The second-order valence-electron chi connectivity index (χ2n) is 4.40. The van der Waals surface area contributed by atoms with Gasteiger partial charge in [0.15, 0.2) is 0 Å². The molecule has 0 aliphatic heterocycles. The number of carbonyl (C=O) groups is 1. The summed E-state index contributed by atoms with van der Waals surface area (Å²) in [5.41, 5.74) is 5.88. The van der Waals surface area contributed by atoms with Crippen LogP contribution in [0.2, 0.25) is 0 Å². The van der Waals surface area contributed by atoms with E-state index in [1.165, 1.54) is 16.9 Å². The Labute approximate surface area is 111 Å². The molecule has 1 N–H and O–H groups in total. The Balaban J connectivity index is 2.05. The molecule has 2 rings (SSSR count). The number of aryl methyl sites for hydroxylation is 3. The fourth-order valence-electron chi connectivity index (χ4n) is 1.79. The molecule has 0 aliphatic rings. The molecule has 0 radical (unpaired) electrons. The molecule has 3 nitrogen and oxygen atoms in total. The van der Waals surface area contributed by atoms with E-state index in [1.54, 1.807) is 5.51 Å². The van der Waals surface area contributed by atoms with Gasteiger partial charge in [0.05, 0.1) is 17.6 Å². The molecule has 1 amide bonds. The van der Waals surface area contributed by atoms with E-state index < -0.39 is 0 Å². The summed E-state index contributed by atoms with van der Waals surface area (Å²) in [5, 5.41) is 2.94. The van der Waals surface area contributed by atoms with E-state index in [1.807, 2.05) is 32.9 Å². The first-order valence-corrected chi connectivity index (χ1v) is 6.70. The molecule has 2 aromatic rings. The minimum atomic E-state index is 0.00861. The van der Waals surface area contributed by atoms with Crippen molar-refractivity contribution in [3.63, 3.8) is 0 Å². The molecule has 0 bridgehead atoms. The molecule has 0 spiro atoms. The van der Waals surface area contributed by atoms with Gasteiger partial charge in [0.2, 0.25) is 5.91 Å². The van der Waals surface area contributed by atoms with E-state index in [0.717, 1.165) is 21.8 Å². The van der Waals surface area contributed by atoms with Crippen LogP contribution < -0.4 is 5.32 Å². The van der Waals surface area contributed by atoms with Crippen molar-refractivity contribution < 1.29 is 4.79 Å². The zero-order valence-corrected chi connectivity index (χ0v) is 11.6. The third kappa shape index (κ3) is 2.96. The molecule has 0 fully saturated rings. The van der Waals surface area contributed by atoms with E-state index in [0.29, 0.717) is 6.42 Å². The topological polar surface area (TPSA) is 42.0 Å². The molecule has 0 aliphatic carbocycles. The number of nitrogens with zero attached hydrogens (tertiary/aromatic N) is 1. The van der Waals surface area contributed by atoms with Gasteiger partial charge in [-0.2, -0.15) is 0 Å². The average Bonchev–Trinajstić information content (AvgIpc) is 2.69. The Bertz CT molecular complexity index is 575. The van der Waals surface area contributed by atoms with Gasteiger partial charge < -0.3 is 5.32 Å². The summed E-state index contributed by atoms with van der Waals surface area (Å²) < 4.78 is 0. The van der Waals surface area contributed by atoms with Crippen molar-refractivity contribution in [2.75, 3.05) is 5.32 Å². The first-order chi connectivity index (χ1) is 8.56. The molecule has 0 atom stereocenters. The van der Waals surface area contributed by atoms with E-state index >= 15 is 0 Å². The van der Waals surface area contributed by atoms with Crippen LogP contribution in [0.1, 0.15) is 21.7 Å². The highest BCUT2D eigenvalue weighted by atomic mass is 32.1. The number of rotatable bonds is 3. The molecule has 4 heteroatoms. The lowest BCUT2D eigenvalue weighted by molar-refractivity contribution is -0.115. The molecule has 1 aromatic heterocycles. The number of aromatic nitrogens is 1. The molecule has 0 saturated carbocycles. The summed E-state index contributed by atoms with van der Waals surface area (Å²) in [6.45, 7) is 5.97. The molecular formula is C14H16N2OS. The lowest BCUT2D eigenvalue weighted by Crippen LogP contribution is -2.15. The van der Waals surface area contributed by atoms with Crippen LogP contribution in [0.3, 0.4) is 0 Å². The van der Waals surface area contributed by atoms with Crippen LogP contribution in [0.25, 0.3) is 0 Å². The van der Waals surface area contributed by atoms with Gasteiger partial charge in [0.1, 0.15) is 0 Å². The molecule has 18 heavy (non-hydrogen) atoms. The summed E-state index contributed by atoms with van der Waals surface area (Å²) in [5.74, 6) is 0.00861. The maximum absolute atomic E-state index is 11.9. The standard InChI is InChI=1S/C14H16N2OS/c1-9-4-5-12(10(2)6-9)16-14(17)7-13-11(3)15-8-18-13/h4-6,8H,7H2,1-3H3,(H,16,17). The highest BCUT2D eigenvalue weighted by Crippen LogP contribution is 2.18. The summed E-state index contributed by atoms with van der Waals surface area (Å²) in [7, 11) is 0. The number of amides is 1. The van der Waals surface area contributed by atoms with Crippen LogP contribution >= 0.6 is 11.3 Å². The third-order valence-corrected chi connectivity index (χ3v) is 3.76. The van der Waals surface area contributed by atoms with Gasteiger partial charge in [0.25, 0.3) is 0 Å². The Kier molecular flexibility index (Phi) is 3.77. The van der Waals surface area contributed by atoms with Crippen LogP contribution in [-0.2, 0) is 11.2 Å².